The number of likely N-dealkylation sites (tertiary alicyclic amines) is 1. The summed E-state index contributed by atoms with van der Waals surface area (Å²) in [7, 11) is 0. The molecule has 1 aliphatic rings. The molecule has 2 N–H and O–H groups in total. The molecule has 0 spiro atoms. The highest BCUT2D eigenvalue weighted by Gasteiger charge is 2.11. The second kappa shape index (κ2) is 10.4. The van der Waals surface area contributed by atoms with E-state index in [0.29, 0.717) is 6.54 Å². The predicted molar refractivity (Wildman–Crippen MR) is 128 cm³/mol. The van der Waals surface area contributed by atoms with Crippen LogP contribution in [0.3, 0.4) is 0 Å². The minimum absolute atomic E-state index is 0.673. The van der Waals surface area contributed by atoms with Gasteiger partial charge in [-0.25, -0.2) is 9.98 Å². The van der Waals surface area contributed by atoms with E-state index in [-0.39, 0.29) is 0 Å². The van der Waals surface area contributed by atoms with Crippen LogP contribution in [-0.4, -0.2) is 46.6 Å². The molecule has 164 valence electrons. The molecule has 0 atom stereocenters. The molecule has 3 aromatic rings. The van der Waals surface area contributed by atoms with Crippen LogP contribution in [0.1, 0.15) is 36.7 Å². The maximum absolute atomic E-state index is 4.78. The number of aromatic nitrogens is 2. The van der Waals surface area contributed by atoms with Crippen LogP contribution in [0.2, 0.25) is 0 Å². The van der Waals surface area contributed by atoms with E-state index in [1.54, 1.807) is 0 Å². The Morgan fingerprint density at radius 3 is 2.52 bits per heavy atom. The van der Waals surface area contributed by atoms with Gasteiger partial charge in [0.25, 0.3) is 0 Å². The molecule has 6 nitrogen and oxygen atoms in total. The minimum Gasteiger partial charge on any atom is -0.357 e. The molecule has 31 heavy (non-hydrogen) atoms. The summed E-state index contributed by atoms with van der Waals surface area (Å²) in [5, 5.41) is 6.82. The van der Waals surface area contributed by atoms with Gasteiger partial charge >= 0.3 is 0 Å². The number of hydrogen-bond donors (Lipinski definition) is 2. The number of aryl methyl sites for hydroxylation is 1. The SMILES string of the molecule is CCNC(=NCc1ccc(CN2CCCC2)cc1)NCCn1c(C)nc2ccccc21. The summed E-state index contributed by atoms with van der Waals surface area (Å²) >= 11 is 0. The van der Waals surface area contributed by atoms with Crippen LogP contribution < -0.4 is 10.6 Å². The van der Waals surface area contributed by atoms with Gasteiger partial charge in [-0.05, 0) is 63.0 Å². The van der Waals surface area contributed by atoms with E-state index in [4.69, 9.17) is 4.99 Å². The Bertz CT molecular complexity index is 999. The summed E-state index contributed by atoms with van der Waals surface area (Å²) in [5.41, 5.74) is 4.85. The van der Waals surface area contributed by atoms with Crippen molar-refractivity contribution in [2.45, 2.75) is 46.3 Å². The van der Waals surface area contributed by atoms with E-state index in [9.17, 15) is 0 Å². The summed E-state index contributed by atoms with van der Waals surface area (Å²) in [6.45, 7) is 10.8. The van der Waals surface area contributed by atoms with E-state index >= 15 is 0 Å². The Kier molecular flexibility index (Phi) is 7.20. The van der Waals surface area contributed by atoms with E-state index in [1.807, 2.05) is 6.07 Å². The highest BCUT2D eigenvalue weighted by atomic mass is 15.2. The number of fused-ring (bicyclic) bond motifs is 1. The average molecular weight is 419 g/mol. The van der Waals surface area contributed by atoms with Crippen molar-refractivity contribution in [1.29, 1.82) is 0 Å². The third-order valence-electron chi connectivity index (χ3n) is 5.87. The number of benzene rings is 2. The number of imidazole rings is 1. The van der Waals surface area contributed by atoms with Crippen LogP contribution in [0.5, 0.6) is 0 Å². The van der Waals surface area contributed by atoms with Crippen molar-refractivity contribution in [2.75, 3.05) is 26.2 Å². The second-order valence-corrected chi connectivity index (χ2v) is 8.22. The van der Waals surface area contributed by atoms with Crippen LogP contribution in [0.15, 0.2) is 53.5 Å². The lowest BCUT2D eigenvalue weighted by Gasteiger charge is -2.15. The van der Waals surface area contributed by atoms with Crippen molar-refractivity contribution in [2.24, 2.45) is 4.99 Å². The minimum atomic E-state index is 0.673. The summed E-state index contributed by atoms with van der Waals surface area (Å²) in [6, 6.07) is 17.2. The van der Waals surface area contributed by atoms with Gasteiger partial charge in [-0.1, -0.05) is 36.4 Å². The molecule has 0 amide bonds. The van der Waals surface area contributed by atoms with Crippen molar-refractivity contribution in [3.05, 3.63) is 65.5 Å². The van der Waals surface area contributed by atoms with Gasteiger partial charge in [0.15, 0.2) is 5.96 Å². The zero-order chi connectivity index (χ0) is 21.5. The third kappa shape index (κ3) is 5.64. The van der Waals surface area contributed by atoms with Crippen molar-refractivity contribution in [1.82, 2.24) is 25.1 Å². The molecule has 1 saturated heterocycles. The van der Waals surface area contributed by atoms with Gasteiger partial charge in [0.2, 0.25) is 0 Å². The molecule has 0 saturated carbocycles. The fourth-order valence-electron chi connectivity index (χ4n) is 4.23. The first kappa shape index (κ1) is 21.4. The smallest absolute Gasteiger partial charge is 0.191 e. The van der Waals surface area contributed by atoms with Crippen molar-refractivity contribution in [3.63, 3.8) is 0 Å². The Morgan fingerprint density at radius 1 is 1.00 bits per heavy atom. The second-order valence-electron chi connectivity index (χ2n) is 8.22. The van der Waals surface area contributed by atoms with Crippen LogP contribution in [0.25, 0.3) is 11.0 Å². The molecule has 6 heteroatoms. The highest BCUT2D eigenvalue weighted by molar-refractivity contribution is 5.79. The maximum atomic E-state index is 4.78. The zero-order valence-corrected chi connectivity index (χ0v) is 18.8. The van der Waals surface area contributed by atoms with Crippen LogP contribution in [0, 0.1) is 6.92 Å². The Labute approximate surface area is 185 Å². The Hall–Kier alpha value is -2.86. The molecule has 0 radical (unpaired) electrons. The van der Waals surface area contributed by atoms with Gasteiger partial charge in [-0.2, -0.15) is 0 Å². The van der Waals surface area contributed by atoms with Gasteiger partial charge in [-0.3, -0.25) is 4.90 Å². The van der Waals surface area contributed by atoms with Crippen molar-refractivity contribution < 1.29 is 0 Å². The first-order valence-corrected chi connectivity index (χ1v) is 11.5. The van der Waals surface area contributed by atoms with Crippen molar-refractivity contribution in [3.8, 4) is 0 Å². The number of nitrogens with one attached hydrogen (secondary N) is 2. The summed E-state index contributed by atoms with van der Waals surface area (Å²) in [4.78, 5) is 12.0. The van der Waals surface area contributed by atoms with Gasteiger partial charge in [0.1, 0.15) is 5.82 Å². The fraction of sp³-hybridized carbons (Fsp3) is 0.440. The Morgan fingerprint density at radius 2 is 1.74 bits per heavy atom. The third-order valence-corrected chi connectivity index (χ3v) is 5.87. The normalized spacial score (nSPS) is 15.0. The largest absolute Gasteiger partial charge is 0.357 e. The molecular formula is C25H34N6. The van der Waals surface area contributed by atoms with Crippen LogP contribution in [0.4, 0.5) is 0 Å². The molecule has 0 bridgehead atoms. The van der Waals surface area contributed by atoms with Gasteiger partial charge in [0.05, 0.1) is 17.6 Å². The number of hydrogen-bond acceptors (Lipinski definition) is 3. The fourth-order valence-corrected chi connectivity index (χ4v) is 4.23. The molecule has 4 rings (SSSR count). The molecular weight excluding hydrogens is 384 g/mol. The van der Waals surface area contributed by atoms with E-state index < -0.39 is 0 Å². The number of guanidine groups is 1. The first-order chi connectivity index (χ1) is 15.2. The lowest BCUT2D eigenvalue weighted by atomic mass is 10.1. The van der Waals surface area contributed by atoms with E-state index in [2.05, 4.69) is 81.4 Å². The van der Waals surface area contributed by atoms with Crippen LogP contribution >= 0.6 is 0 Å². The average Bonchev–Trinajstić information content (AvgIpc) is 3.40. The molecule has 1 aliphatic heterocycles. The highest BCUT2D eigenvalue weighted by Crippen LogP contribution is 2.15. The standard InChI is InChI=1S/C25H34N6/c1-3-26-25(27-14-17-31-20(2)29-23-8-4-5-9-24(23)31)28-18-21-10-12-22(13-11-21)19-30-15-6-7-16-30/h4-5,8-13H,3,6-7,14-19H2,1-2H3,(H2,26,27,28). The first-order valence-electron chi connectivity index (χ1n) is 11.5. The van der Waals surface area contributed by atoms with Gasteiger partial charge < -0.3 is 15.2 Å². The molecule has 1 fully saturated rings. The number of nitrogens with zero attached hydrogens (tertiary/aromatic N) is 4. The predicted octanol–water partition coefficient (Wildman–Crippen LogP) is 3.70. The zero-order valence-electron chi connectivity index (χ0n) is 18.8. The van der Waals surface area contributed by atoms with Gasteiger partial charge in [-0.15, -0.1) is 0 Å². The lowest BCUT2D eigenvalue weighted by molar-refractivity contribution is 0.331. The lowest BCUT2D eigenvalue weighted by Crippen LogP contribution is -2.38. The number of rotatable bonds is 8. The maximum Gasteiger partial charge on any atom is 0.191 e. The quantitative estimate of drug-likeness (QED) is 0.433. The molecule has 0 unspecified atom stereocenters. The Balaban J connectivity index is 1.32. The summed E-state index contributed by atoms with van der Waals surface area (Å²) in [5.74, 6) is 1.89. The topological polar surface area (TPSA) is 57.5 Å². The monoisotopic (exact) mass is 418 g/mol. The summed E-state index contributed by atoms with van der Waals surface area (Å²) in [6.07, 6.45) is 2.67. The molecule has 1 aromatic heterocycles. The van der Waals surface area contributed by atoms with Crippen molar-refractivity contribution >= 4 is 17.0 Å². The van der Waals surface area contributed by atoms with Gasteiger partial charge in [0, 0.05) is 26.2 Å². The van der Waals surface area contributed by atoms with E-state index in [0.717, 1.165) is 43.5 Å². The molecule has 2 heterocycles. The number of para-hydroxylation sites is 2. The number of aliphatic imine (C=N–C) groups is 1. The van der Waals surface area contributed by atoms with Crippen LogP contribution in [-0.2, 0) is 19.6 Å². The summed E-state index contributed by atoms with van der Waals surface area (Å²) < 4.78 is 2.25. The molecule has 0 aliphatic carbocycles. The molecule has 2 aromatic carbocycles. The van der Waals surface area contributed by atoms with E-state index in [1.165, 1.54) is 42.6 Å².